The summed E-state index contributed by atoms with van der Waals surface area (Å²) in [5, 5.41) is 9.83. The van der Waals surface area contributed by atoms with Crippen molar-refractivity contribution in [1.82, 2.24) is 0 Å². The van der Waals surface area contributed by atoms with E-state index in [1.54, 1.807) is 38.5 Å². The molecule has 0 saturated heterocycles. The van der Waals surface area contributed by atoms with Crippen LogP contribution < -0.4 is 14.2 Å². The Bertz CT molecular complexity index is 593. The lowest BCUT2D eigenvalue weighted by Crippen LogP contribution is -1.92. The van der Waals surface area contributed by atoms with E-state index in [0.29, 0.717) is 23.0 Å². The van der Waals surface area contributed by atoms with Gasteiger partial charge >= 0.3 is 0 Å². The minimum atomic E-state index is 0.241. The van der Waals surface area contributed by atoms with Gasteiger partial charge in [0, 0.05) is 12.1 Å². The average Bonchev–Trinajstić information content (AvgIpc) is 2.47. The van der Waals surface area contributed by atoms with E-state index in [9.17, 15) is 5.11 Å². The van der Waals surface area contributed by atoms with Gasteiger partial charge in [-0.3, -0.25) is 0 Å². The summed E-state index contributed by atoms with van der Waals surface area (Å²) in [4.78, 5) is 0. The Morgan fingerprint density at radius 2 is 1.55 bits per heavy atom. The van der Waals surface area contributed by atoms with Gasteiger partial charge in [-0.05, 0) is 30.2 Å². The van der Waals surface area contributed by atoms with Crippen LogP contribution in [-0.2, 0) is 6.42 Å². The maximum atomic E-state index is 9.83. The molecule has 0 unspecified atom stereocenters. The summed E-state index contributed by atoms with van der Waals surface area (Å²) in [5.74, 6) is 2.67. The Balaban J connectivity index is 2.23. The van der Waals surface area contributed by atoms with Crippen LogP contribution in [0.5, 0.6) is 28.7 Å². The second kappa shape index (κ2) is 6.19. The lowest BCUT2D eigenvalue weighted by Gasteiger charge is -2.11. The average molecular weight is 274 g/mol. The van der Waals surface area contributed by atoms with Crippen LogP contribution in [0.3, 0.4) is 0 Å². The molecule has 4 nitrogen and oxygen atoms in total. The minimum Gasteiger partial charge on any atom is -0.508 e. The van der Waals surface area contributed by atoms with Crippen LogP contribution in [0.25, 0.3) is 0 Å². The number of aromatic hydroxyl groups is 1. The summed E-state index contributed by atoms with van der Waals surface area (Å²) in [6.45, 7) is 1.99. The molecule has 2 aromatic rings. The van der Waals surface area contributed by atoms with Gasteiger partial charge < -0.3 is 19.3 Å². The summed E-state index contributed by atoms with van der Waals surface area (Å²) in [5.41, 5.74) is 0.893. The molecule has 0 aliphatic heterocycles. The molecule has 0 radical (unpaired) electrons. The molecule has 0 atom stereocenters. The topological polar surface area (TPSA) is 47.9 Å². The number of ether oxygens (including phenoxy) is 3. The Hall–Kier alpha value is -2.36. The zero-order chi connectivity index (χ0) is 14.5. The number of hydrogen-bond acceptors (Lipinski definition) is 4. The zero-order valence-electron chi connectivity index (χ0n) is 11.8. The van der Waals surface area contributed by atoms with E-state index in [4.69, 9.17) is 14.2 Å². The van der Waals surface area contributed by atoms with Crippen molar-refractivity contribution in [2.45, 2.75) is 13.3 Å². The van der Waals surface area contributed by atoms with Crippen LogP contribution >= 0.6 is 0 Å². The predicted octanol–water partition coefficient (Wildman–Crippen LogP) is 3.76. The van der Waals surface area contributed by atoms with Crippen LogP contribution in [0, 0.1) is 0 Å². The summed E-state index contributed by atoms with van der Waals surface area (Å²) >= 11 is 0. The van der Waals surface area contributed by atoms with Crippen LogP contribution in [0.1, 0.15) is 12.5 Å². The quantitative estimate of drug-likeness (QED) is 0.901. The van der Waals surface area contributed by atoms with Crippen LogP contribution in [0.4, 0.5) is 0 Å². The molecule has 1 N–H and O–H groups in total. The largest absolute Gasteiger partial charge is 0.508 e. The number of rotatable bonds is 5. The van der Waals surface area contributed by atoms with Crippen molar-refractivity contribution < 1.29 is 19.3 Å². The van der Waals surface area contributed by atoms with E-state index in [1.165, 1.54) is 0 Å². The van der Waals surface area contributed by atoms with E-state index in [-0.39, 0.29) is 5.75 Å². The van der Waals surface area contributed by atoms with E-state index in [2.05, 4.69) is 0 Å². The minimum absolute atomic E-state index is 0.241. The highest BCUT2D eigenvalue weighted by Gasteiger charge is 2.07. The van der Waals surface area contributed by atoms with Crippen LogP contribution in [0.15, 0.2) is 36.4 Å². The van der Waals surface area contributed by atoms with Crippen molar-refractivity contribution in [2.24, 2.45) is 0 Å². The third-order valence-corrected chi connectivity index (χ3v) is 3.03. The normalized spacial score (nSPS) is 10.2. The fourth-order valence-electron chi connectivity index (χ4n) is 1.92. The summed E-state index contributed by atoms with van der Waals surface area (Å²) < 4.78 is 16.1. The third kappa shape index (κ3) is 2.96. The summed E-state index contributed by atoms with van der Waals surface area (Å²) in [7, 11) is 3.16. The zero-order valence-corrected chi connectivity index (χ0v) is 11.8. The molecule has 2 rings (SSSR count). The lowest BCUT2D eigenvalue weighted by molar-refractivity contribution is 0.352. The molecule has 106 valence electrons. The molecule has 0 heterocycles. The van der Waals surface area contributed by atoms with Gasteiger partial charge in [-0.1, -0.05) is 13.0 Å². The van der Waals surface area contributed by atoms with Crippen LogP contribution in [0.2, 0.25) is 0 Å². The van der Waals surface area contributed by atoms with Crippen molar-refractivity contribution in [1.29, 1.82) is 0 Å². The maximum absolute atomic E-state index is 9.83. The second-order valence-electron chi connectivity index (χ2n) is 4.26. The summed E-state index contributed by atoms with van der Waals surface area (Å²) in [6.07, 6.45) is 0.780. The van der Waals surface area contributed by atoms with Gasteiger partial charge in [0.15, 0.2) is 11.5 Å². The Morgan fingerprint density at radius 1 is 0.900 bits per heavy atom. The molecule has 0 bridgehead atoms. The highest BCUT2D eigenvalue weighted by Crippen LogP contribution is 2.34. The van der Waals surface area contributed by atoms with Crippen molar-refractivity contribution in [3.8, 4) is 28.7 Å². The van der Waals surface area contributed by atoms with E-state index < -0.39 is 0 Å². The Morgan fingerprint density at radius 3 is 2.15 bits per heavy atom. The third-order valence-electron chi connectivity index (χ3n) is 3.03. The molecule has 0 aromatic heterocycles. The van der Waals surface area contributed by atoms with Gasteiger partial charge in [-0.15, -0.1) is 0 Å². The SMILES string of the molecule is CCc1ccc(Oc2ccc(OC)c(OC)c2)cc1O. The fraction of sp³-hybridized carbons (Fsp3) is 0.250. The number of methoxy groups -OCH3 is 2. The number of hydrogen-bond donors (Lipinski definition) is 1. The van der Waals surface area contributed by atoms with Crippen molar-refractivity contribution in [3.63, 3.8) is 0 Å². The second-order valence-corrected chi connectivity index (χ2v) is 4.26. The first kappa shape index (κ1) is 14.1. The van der Waals surface area contributed by atoms with E-state index in [1.807, 2.05) is 19.1 Å². The van der Waals surface area contributed by atoms with Gasteiger partial charge in [0.1, 0.15) is 17.2 Å². The van der Waals surface area contributed by atoms with Crippen molar-refractivity contribution >= 4 is 0 Å². The monoisotopic (exact) mass is 274 g/mol. The van der Waals surface area contributed by atoms with Gasteiger partial charge in [0.25, 0.3) is 0 Å². The molecular formula is C16H18O4. The number of phenolic OH excluding ortho intramolecular Hbond substituents is 1. The highest BCUT2D eigenvalue weighted by molar-refractivity contribution is 5.48. The lowest BCUT2D eigenvalue weighted by atomic mass is 10.1. The van der Waals surface area contributed by atoms with Gasteiger partial charge in [-0.25, -0.2) is 0 Å². The van der Waals surface area contributed by atoms with E-state index >= 15 is 0 Å². The first-order valence-electron chi connectivity index (χ1n) is 6.39. The summed E-state index contributed by atoms with van der Waals surface area (Å²) in [6, 6.07) is 10.6. The molecule has 0 aliphatic carbocycles. The smallest absolute Gasteiger partial charge is 0.164 e. The molecule has 0 saturated carbocycles. The van der Waals surface area contributed by atoms with Crippen molar-refractivity contribution in [3.05, 3.63) is 42.0 Å². The molecule has 0 fully saturated rings. The maximum Gasteiger partial charge on any atom is 0.164 e. The molecule has 0 amide bonds. The number of aryl methyl sites for hydroxylation is 1. The molecule has 0 aliphatic rings. The van der Waals surface area contributed by atoms with Crippen LogP contribution in [-0.4, -0.2) is 19.3 Å². The number of benzene rings is 2. The predicted molar refractivity (Wildman–Crippen MR) is 77.1 cm³/mol. The molecule has 4 heteroatoms. The molecular weight excluding hydrogens is 256 g/mol. The van der Waals surface area contributed by atoms with Gasteiger partial charge in [-0.2, -0.15) is 0 Å². The van der Waals surface area contributed by atoms with Gasteiger partial charge in [0.05, 0.1) is 14.2 Å². The fourth-order valence-corrected chi connectivity index (χ4v) is 1.92. The molecule has 0 spiro atoms. The number of phenols is 1. The standard InChI is InChI=1S/C16H18O4/c1-4-11-5-6-12(9-14(11)17)20-13-7-8-15(18-2)16(10-13)19-3/h5-10,17H,4H2,1-3H3. The molecule has 2 aromatic carbocycles. The molecule has 20 heavy (non-hydrogen) atoms. The highest BCUT2D eigenvalue weighted by atomic mass is 16.5. The first-order valence-corrected chi connectivity index (χ1v) is 6.39. The Labute approximate surface area is 118 Å². The first-order chi connectivity index (χ1) is 9.67. The van der Waals surface area contributed by atoms with Gasteiger partial charge in [0.2, 0.25) is 0 Å². The van der Waals surface area contributed by atoms with Crippen molar-refractivity contribution in [2.75, 3.05) is 14.2 Å². The Kier molecular flexibility index (Phi) is 4.35. The van der Waals surface area contributed by atoms with E-state index in [0.717, 1.165) is 12.0 Å².